The van der Waals surface area contributed by atoms with Gasteiger partial charge in [0.25, 0.3) is 0 Å². The Bertz CT molecular complexity index is 1010. The van der Waals surface area contributed by atoms with E-state index in [1.165, 1.54) is 24.3 Å². The molecule has 5 nitrogen and oxygen atoms in total. The molecule has 31 heavy (non-hydrogen) atoms. The lowest BCUT2D eigenvalue weighted by atomic mass is 10.1. The van der Waals surface area contributed by atoms with Gasteiger partial charge in [-0.05, 0) is 55.2 Å². The number of nitrogens with two attached hydrogens (primary N) is 1. The average molecular weight is 455 g/mol. The molecule has 0 spiro atoms. The summed E-state index contributed by atoms with van der Waals surface area (Å²) in [7, 11) is 0. The van der Waals surface area contributed by atoms with Gasteiger partial charge in [-0.15, -0.1) is 10.2 Å². The molecular weight excluding hydrogens is 434 g/mol. The monoisotopic (exact) mass is 455 g/mol. The van der Waals surface area contributed by atoms with Gasteiger partial charge in [0.15, 0.2) is 0 Å². The minimum atomic E-state index is -4.61. The van der Waals surface area contributed by atoms with Crippen LogP contribution in [-0.4, -0.2) is 28.5 Å². The maximum atomic E-state index is 13.6. The van der Waals surface area contributed by atoms with Gasteiger partial charge in [0.05, 0.1) is 24.8 Å². The molecule has 166 valence electrons. The maximum absolute atomic E-state index is 13.6. The number of alkyl halides is 3. The van der Waals surface area contributed by atoms with E-state index in [0.29, 0.717) is 24.3 Å². The fraction of sp³-hybridized carbons (Fsp3) is 0.333. The SMILES string of the molecule is NC(CO)c1nnc(-c2ccc(OCCCCc3cccc(F)c3)c(C(F)(F)F)c2)s1. The Labute approximate surface area is 180 Å². The summed E-state index contributed by atoms with van der Waals surface area (Å²) in [6, 6.07) is 9.20. The summed E-state index contributed by atoms with van der Waals surface area (Å²) in [5.41, 5.74) is 5.83. The van der Waals surface area contributed by atoms with Crippen molar-refractivity contribution in [3.8, 4) is 16.3 Å². The van der Waals surface area contributed by atoms with E-state index in [0.717, 1.165) is 23.0 Å². The zero-order chi connectivity index (χ0) is 22.4. The van der Waals surface area contributed by atoms with Crippen LogP contribution in [0, 0.1) is 5.82 Å². The van der Waals surface area contributed by atoms with E-state index in [1.807, 2.05) is 0 Å². The Morgan fingerprint density at radius 3 is 2.61 bits per heavy atom. The van der Waals surface area contributed by atoms with Crippen LogP contribution in [0.1, 0.15) is 35.0 Å². The number of halogens is 4. The minimum absolute atomic E-state index is 0.103. The van der Waals surface area contributed by atoms with Crippen LogP contribution in [0.5, 0.6) is 5.75 Å². The first-order chi connectivity index (χ1) is 14.8. The molecule has 3 aromatic rings. The lowest BCUT2D eigenvalue weighted by Gasteiger charge is -2.15. The van der Waals surface area contributed by atoms with Crippen LogP contribution < -0.4 is 10.5 Å². The smallest absolute Gasteiger partial charge is 0.419 e. The molecule has 1 aromatic heterocycles. The molecule has 0 saturated carbocycles. The highest BCUT2D eigenvalue weighted by atomic mass is 32.1. The molecule has 0 aliphatic rings. The standard InChI is InChI=1S/C21H21F4N3O2S/c22-15-6-3-5-13(10-15)4-1-2-9-30-18-8-7-14(11-16(18)21(23,24)25)19-27-28-20(31-19)17(26)12-29/h3,5-8,10-11,17,29H,1-2,4,9,12,26H2. The molecule has 3 N–H and O–H groups in total. The summed E-state index contributed by atoms with van der Waals surface area (Å²) in [4.78, 5) is 0. The number of unbranched alkanes of at least 4 members (excludes halogenated alkanes) is 1. The lowest BCUT2D eigenvalue weighted by Crippen LogP contribution is -2.13. The molecule has 1 unspecified atom stereocenters. The first kappa shape index (κ1) is 23.1. The van der Waals surface area contributed by atoms with E-state index in [1.54, 1.807) is 12.1 Å². The zero-order valence-corrected chi connectivity index (χ0v) is 17.2. The van der Waals surface area contributed by atoms with E-state index in [4.69, 9.17) is 15.6 Å². The largest absolute Gasteiger partial charge is 0.493 e. The molecule has 0 aliphatic heterocycles. The molecular formula is C21H21F4N3O2S. The van der Waals surface area contributed by atoms with Gasteiger partial charge >= 0.3 is 6.18 Å². The Morgan fingerprint density at radius 1 is 1.10 bits per heavy atom. The predicted molar refractivity (Wildman–Crippen MR) is 109 cm³/mol. The van der Waals surface area contributed by atoms with Crippen LogP contribution in [-0.2, 0) is 12.6 Å². The van der Waals surface area contributed by atoms with Gasteiger partial charge in [-0.3, -0.25) is 0 Å². The van der Waals surface area contributed by atoms with Crippen molar-refractivity contribution in [1.82, 2.24) is 10.2 Å². The number of aromatic nitrogens is 2. The Balaban J connectivity index is 1.65. The minimum Gasteiger partial charge on any atom is -0.493 e. The Morgan fingerprint density at radius 2 is 1.90 bits per heavy atom. The van der Waals surface area contributed by atoms with Crippen molar-refractivity contribution in [3.05, 3.63) is 64.4 Å². The second kappa shape index (κ2) is 10.2. The summed E-state index contributed by atoms with van der Waals surface area (Å²) in [6.07, 6.45) is -2.82. The van der Waals surface area contributed by atoms with E-state index in [2.05, 4.69) is 10.2 Å². The molecule has 0 radical (unpaired) electrons. The molecule has 1 heterocycles. The highest BCUT2D eigenvalue weighted by Crippen LogP contribution is 2.39. The highest BCUT2D eigenvalue weighted by Gasteiger charge is 2.35. The van der Waals surface area contributed by atoms with Crippen molar-refractivity contribution in [2.45, 2.75) is 31.5 Å². The van der Waals surface area contributed by atoms with Crippen molar-refractivity contribution in [2.24, 2.45) is 5.73 Å². The van der Waals surface area contributed by atoms with Crippen molar-refractivity contribution >= 4 is 11.3 Å². The second-order valence-corrected chi connectivity index (χ2v) is 7.89. The summed E-state index contributed by atoms with van der Waals surface area (Å²) < 4.78 is 59.3. The van der Waals surface area contributed by atoms with Gasteiger partial charge in [-0.1, -0.05) is 23.5 Å². The third-order valence-corrected chi connectivity index (χ3v) is 5.60. The van der Waals surface area contributed by atoms with Crippen LogP contribution in [0.3, 0.4) is 0 Å². The zero-order valence-electron chi connectivity index (χ0n) is 16.4. The van der Waals surface area contributed by atoms with E-state index < -0.39 is 17.8 Å². The molecule has 0 amide bonds. The molecule has 1 atom stereocenters. The molecule has 3 rings (SSSR count). The van der Waals surface area contributed by atoms with Crippen LogP contribution in [0.4, 0.5) is 17.6 Å². The van der Waals surface area contributed by atoms with Gasteiger partial charge in [-0.2, -0.15) is 13.2 Å². The van der Waals surface area contributed by atoms with Gasteiger partial charge in [0.1, 0.15) is 21.6 Å². The number of ether oxygens (including phenoxy) is 1. The quantitative estimate of drug-likeness (QED) is 0.359. The fourth-order valence-corrected chi connectivity index (χ4v) is 3.73. The Hall–Kier alpha value is -2.56. The number of hydrogen-bond acceptors (Lipinski definition) is 6. The number of aliphatic hydroxyl groups is 1. The van der Waals surface area contributed by atoms with Crippen molar-refractivity contribution < 1.29 is 27.4 Å². The van der Waals surface area contributed by atoms with Gasteiger partial charge in [0, 0.05) is 5.56 Å². The predicted octanol–water partition coefficient (Wildman–Crippen LogP) is 4.76. The summed E-state index contributed by atoms with van der Waals surface area (Å²) in [5.74, 6) is -0.580. The number of aryl methyl sites for hydroxylation is 1. The first-order valence-corrected chi connectivity index (χ1v) is 10.4. The highest BCUT2D eigenvalue weighted by molar-refractivity contribution is 7.14. The summed E-state index contributed by atoms with van der Waals surface area (Å²) in [5, 5.41) is 17.4. The molecule has 0 fully saturated rings. The van der Waals surface area contributed by atoms with Crippen molar-refractivity contribution in [3.63, 3.8) is 0 Å². The summed E-state index contributed by atoms with van der Waals surface area (Å²) >= 11 is 1.03. The van der Waals surface area contributed by atoms with Crippen LogP contribution in [0.2, 0.25) is 0 Å². The average Bonchev–Trinajstić information content (AvgIpc) is 3.22. The topological polar surface area (TPSA) is 81.3 Å². The van der Waals surface area contributed by atoms with Crippen LogP contribution in [0.25, 0.3) is 10.6 Å². The second-order valence-electron chi connectivity index (χ2n) is 6.88. The van der Waals surface area contributed by atoms with E-state index in [9.17, 15) is 17.6 Å². The van der Waals surface area contributed by atoms with Crippen molar-refractivity contribution in [1.29, 1.82) is 0 Å². The van der Waals surface area contributed by atoms with Gasteiger partial charge in [-0.25, -0.2) is 4.39 Å². The number of nitrogens with zero attached hydrogens (tertiary/aromatic N) is 2. The molecule has 0 bridgehead atoms. The maximum Gasteiger partial charge on any atom is 0.419 e. The van der Waals surface area contributed by atoms with E-state index >= 15 is 0 Å². The third-order valence-electron chi connectivity index (χ3n) is 4.49. The normalized spacial score (nSPS) is 12.7. The van der Waals surface area contributed by atoms with Gasteiger partial charge < -0.3 is 15.6 Å². The van der Waals surface area contributed by atoms with Crippen molar-refractivity contribution in [2.75, 3.05) is 13.2 Å². The van der Waals surface area contributed by atoms with Crippen LogP contribution in [0.15, 0.2) is 42.5 Å². The van der Waals surface area contributed by atoms with E-state index in [-0.39, 0.29) is 35.4 Å². The third kappa shape index (κ3) is 6.22. The fourth-order valence-electron chi connectivity index (χ4n) is 2.90. The number of benzene rings is 2. The molecule has 10 heteroatoms. The lowest BCUT2D eigenvalue weighted by molar-refractivity contribution is -0.138. The number of aliphatic hydroxyl groups excluding tert-OH is 1. The first-order valence-electron chi connectivity index (χ1n) is 9.56. The summed E-state index contributed by atoms with van der Waals surface area (Å²) in [6.45, 7) is -0.236. The molecule has 0 aliphatic carbocycles. The Kier molecular flexibility index (Phi) is 7.58. The number of rotatable bonds is 9. The molecule has 0 saturated heterocycles. The number of hydrogen-bond donors (Lipinski definition) is 2. The van der Waals surface area contributed by atoms with Crippen LogP contribution >= 0.6 is 11.3 Å². The molecule has 2 aromatic carbocycles. The van der Waals surface area contributed by atoms with Gasteiger partial charge in [0.2, 0.25) is 0 Å².